The molecule has 1 unspecified atom stereocenters. The zero-order valence-electron chi connectivity index (χ0n) is 11.6. The zero-order valence-corrected chi connectivity index (χ0v) is 11.6. The third-order valence-electron chi connectivity index (χ3n) is 3.66. The second-order valence-corrected chi connectivity index (χ2v) is 5.02. The highest BCUT2D eigenvalue weighted by Gasteiger charge is 2.50. The molecule has 6 nitrogen and oxygen atoms in total. The quantitative estimate of drug-likeness (QED) is 0.892. The van der Waals surface area contributed by atoms with Gasteiger partial charge in [-0.1, -0.05) is 0 Å². The van der Waals surface area contributed by atoms with Crippen LogP contribution < -0.4 is 0 Å². The summed E-state index contributed by atoms with van der Waals surface area (Å²) >= 11 is 0. The van der Waals surface area contributed by atoms with E-state index >= 15 is 0 Å². The van der Waals surface area contributed by atoms with Crippen molar-refractivity contribution in [3.05, 3.63) is 29.6 Å². The molecule has 0 aliphatic carbocycles. The molecular weight excluding hydrogens is 260 g/mol. The van der Waals surface area contributed by atoms with Gasteiger partial charge >= 0.3 is 5.97 Å². The van der Waals surface area contributed by atoms with E-state index in [0.29, 0.717) is 24.9 Å². The number of rotatable bonds is 4. The highest BCUT2D eigenvalue weighted by atomic mass is 16.5. The summed E-state index contributed by atoms with van der Waals surface area (Å²) in [7, 11) is 1.45. The largest absolute Gasteiger partial charge is 0.479 e. The summed E-state index contributed by atoms with van der Waals surface area (Å²) in [5.41, 5.74) is -0.0768. The van der Waals surface area contributed by atoms with Gasteiger partial charge in [0.05, 0.1) is 6.61 Å². The van der Waals surface area contributed by atoms with Crippen LogP contribution in [0.15, 0.2) is 18.3 Å². The molecule has 2 heterocycles. The van der Waals surface area contributed by atoms with Crippen molar-refractivity contribution in [3.8, 4) is 0 Å². The number of nitrogens with zero attached hydrogens (tertiary/aromatic N) is 2. The lowest BCUT2D eigenvalue weighted by Crippen LogP contribution is -2.56. The zero-order chi connectivity index (χ0) is 14.8. The fourth-order valence-corrected chi connectivity index (χ4v) is 2.68. The molecule has 0 spiro atoms. The first-order valence-electron chi connectivity index (χ1n) is 6.48. The van der Waals surface area contributed by atoms with Crippen molar-refractivity contribution >= 4 is 11.9 Å². The summed E-state index contributed by atoms with van der Waals surface area (Å²) in [6.45, 7) is 2.22. The van der Waals surface area contributed by atoms with Gasteiger partial charge in [0.25, 0.3) is 5.91 Å². The molecule has 1 aromatic heterocycles. The predicted molar refractivity (Wildman–Crippen MR) is 71.5 cm³/mol. The van der Waals surface area contributed by atoms with Gasteiger partial charge in [-0.2, -0.15) is 0 Å². The lowest BCUT2D eigenvalue weighted by Gasteiger charge is -2.34. The molecule has 108 valence electrons. The number of amides is 1. The summed E-state index contributed by atoms with van der Waals surface area (Å²) in [6.07, 6.45) is 2.62. The summed E-state index contributed by atoms with van der Waals surface area (Å²) in [5.74, 6) is -1.30. The standard InChI is InChI=1S/C14H18N2O4/c1-10-8-11(4-6-15-10)12(17)16-7-3-5-14(16,9-20-2)13(18)19/h4,6,8H,3,5,7,9H2,1-2H3,(H,18,19). The summed E-state index contributed by atoms with van der Waals surface area (Å²) in [4.78, 5) is 29.7. The van der Waals surface area contributed by atoms with E-state index in [-0.39, 0.29) is 12.5 Å². The Morgan fingerprint density at radius 1 is 1.55 bits per heavy atom. The number of hydrogen-bond acceptors (Lipinski definition) is 4. The minimum Gasteiger partial charge on any atom is -0.479 e. The van der Waals surface area contributed by atoms with Crippen LogP contribution in [0.4, 0.5) is 0 Å². The second-order valence-electron chi connectivity index (χ2n) is 5.02. The monoisotopic (exact) mass is 278 g/mol. The van der Waals surface area contributed by atoms with E-state index in [4.69, 9.17) is 4.74 Å². The molecule has 1 fully saturated rings. The minimum atomic E-state index is -1.26. The Labute approximate surface area is 117 Å². The lowest BCUT2D eigenvalue weighted by molar-refractivity contribution is -0.151. The van der Waals surface area contributed by atoms with E-state index in [0.717, 1.165) is 5.69 Å². The number of carboxylic acid groups (broad SMARTS) is 1. The first-order valence-corrected chi connectivity index (χ1v) is 6.48. The maximum absolute atomic E-state index is 12.6. The average Bonchev–Trinajstić information content (AvgIpc) is 2.83. The summed E-state index contributed by atoms with van der Waals surface area (Å²) in [6, 6.07) is 3.27. The van der Waals surface area contributed by atoms with Gasteiger partial charge in [-0.3, -0.25) is 9.78 Å². The van der Waals surface area contributed by atoms with Crippen LogP contribution in [0.25, 0.3) is 0 Å². The number of carbonyl (C=O) groups is 2. The Bertz CT molecular complexity index is 532. The van der Waals surface area contributed by atoms with Crippen molar-refractivity contribution in [2.24, 2.45) is 0 Å². The molecule has 1 aromatic rings. The van der Waals surface area contributed by atoms with Crippen LogP contribution in [-0.4, -0.2) is 52.7 Å². The number of pyridine rings is 1. The van der Waals surface area contributed by atoms with E-state index in [9.17, 15) is 14.7 Å². The van der Waals surface area contributed by atoms with Gasteiger partial charge in [-0.25, -0.2) is 4.79 Å². The van der Waals surface area contributed by atoms with Gasteiger partial charge in [0.1, 0.15) is 0 Å². The van der Waals surface area contributed by atoms with E-state index < -0.39 is 11.5 Å². The first kappa shape index (κ1) is 14.5. The fraction of sp³-hybridized carbons (Fsp3) is 0.500. The van der Waals surface area contributed by atoms with Crippen molar-refractivity contribution in [2.45, 2.75) is 25.3 Å². The van der Waals surface area contributed by atoms with Gasteiger partial charge in [0.15, 0.2) is 5.54 Å². The van der Waals surface area contributed by atoms with E-state index in [1.807, 2.05) is 0 Å². The molecule has 0 aromatic carbocycles. The van der Waals surface area contributed by atoms with Gasteiger partial charge < -0.3 is 14.7 Å². The van der Waals surface area contributed by atoms with Crippen LogP contribution in [0.1, 0.15) is 28.9 Å². The molecule has 1 aliphatic rings. The van der Waals surface area contributed by atoms with Crippen molar-refractivity contribution in [1.29, 1.82) is 0 Å². The second kappa shape index (κ2) is 5.58. The van der Waals surface area contributed by atoms with Crippen LogP contribution in [0.2, 0.25) is 0 Å². The molecule has 20 heavy (non-hydrogen) atoms. The SMILES string of the molecule is COCC1(C(=O)O)CCCN1C(=O)c1ccnc(C)c1. The smallest absolute Gasteiger partial charge is 0.332 e. The molecule has 1 aliphatic heterocycles. The summed E-state index contributed by atoms with van der Waals surface area (Å²) in [5, 5.41) is 9.53. The third-order valence-corrected chi connectivity index (χ3v) is 3.66. The Hall–Kier alpha value is -1.95. The fourth-order valence-electron chi connectivity index (χ4n) is 2.68. The third kappa shape index (κ3) is 2.38. The van der Waals surface area contributed by atoms with Crippen LogP contribution >= 0.6 is 0 Å². The number of carboxylic acids is 1. The van der Waals surface area contributed by atoms with Crippen molar-refractivity contribution in [2.75, 3.05) is 20.3 Å². The van der Waals surface area contributed by atoms with Crippen LogP contribution in [0.3, 0.4) is 0 Å². The molecule has 0 radical (unpaired) electrons. The van der Waals surface area contributed by atoms with Gasteiger partial charge in [-0.05, 0) is 31.9 Å². The van der Waals surface area contributed by atoms with E-state index in [1.165, 1.54) is 12.0 Å². The highest BCUT2D eigenvalue weighted by molar-refractivity contribution is 5.98. The van der Waals surface area contributed by atoms with Crippen LogP contribution in [0.5, 0.6) is 0 Å². The van der Waals surface area contributed by atoms with Crippen LogP contribution in [0, 0.1) is 6.92 Å². The Morgan fingerprint density at radius 2 is 2.30 bits per heavy atom. The maximum Gasteiger partial charge on any atom is 0.332 e. The van der Waals surface area contributed by atoms with Crippen LogP contribution in [-0.2, 0) is 9.53 Å². The molecule has 6 heteroatoms. The Kier molecular flexibility index (Phi) is 4.04. The maximum atomic E-state index is 12.6. The number of aromatic nitrogens is 1. The number of aryl methyl sites for hydroxylation is 1. The van der Waals surface area contributed by atoms with E-state index in [2.05, 4.69) is 4.98 Å². The molecular formula is C14H18N2O4. The number of aliphatic carboxylic acids is 1. The minimum absolute atomic E-state index is 0.00185. The topological polar surface area (TPSA) is 79.7 Å². The predicted octanol–water partition coefficient (Wildman–Crippen LogP) is 1.10. The Balaban J connectivity index is 2.34. The number of likely N-dealkylation sites (tertiary alicyclic amines) is 1. The van der Waals surface area contributed by atoms with E-state index in [1.54, 1.807) is 25.3 Å². The van der Waals surface area contributed by atoms with Crippen molar-refractivity contribution in [3.63, 3.8) is 0 Å². The molecule has 1 saturated heterocycles. The molecule has 1 amide bonds. The van der Waals surface area contributed by atoms with Crippen molar-refractivity contribution < 1.29 is 19.4 Å². The normalized spacial score (nSPS) is 22.0. The number of hydrogen-bond donors (Lipinski definition) is 1. The molecule has 1 atom stereocenters. The molecule has 0 bridgehead atoms. The lowest BCUT2D eigenvalue weighted by atomic mass is 9.96. The Morgan fingerprint density at radius 3 is 2.90 bits per heavy atom. The van der Waals surface area contributed by atoms with Gasteiger partial charge in [0, 0.05) is 31.1 Å². The molecule has 1 N–H and O–H groups in total. The van der Waals surface area contributed by atoms with Crippen molar-refractivity contribution in [1.82, 2.24) is 9.88 Å². The number of carbonyl (C=O) groups excluding carboxylic acids is 1. The summed E-state index contributed by atoms with van der Waals surface area (Å²) < 4.78 is 5.04. The number of ether oxygens (including phenoxy) is 1. The highest BCUT2D eigenvalue weighted by Crippen LogP contribution is 2.31. The molecule has 0 saturated carbocycles. The average molecular weight is 278 g/mol. The van der Waals surface area contributed by atoms with Gasteiger partial charge in [0.2, 0.25) is 0 Å². The van der Waals surface area contributed by atoms with Gasteiger partial charge in [-0.15, -0.1) is 0 Å². The first-order chi connectivity index (χ1) is 9.51. The molecule has 2 rings (SSSR count). The number of methoxy groups -OCH3 is 1.